The zero-order valence-electron chi connectivity index (χ0n) is 14.2. The van der Waals surface area contributed by atoms with E-state index in [1.807, 2.05) is 11.1 Å². The second-order valence-corrected chi connectivity index (χ2v) is 7.78. The largest absolute Gasteiger partial charge is 0.419 e. The summed E-state index contributed by atoms with van der Waals surface area (Å²) in [5.74, 6) is -0.122. The molecule has 0 aliphatic carbocycles. The molecule has 1 saturated heterocycles. The average Bonchev–Trinajstić information content (AvgIpc) is 3.18. The Hall–Kier alpha value is -2.41. The van der Waals surface area contributed by atoms with Crippen molar-refractivity contribution >= 4 is 28.3 Å². The normalized spacial score (nSPS) is 18.0. The van der Waals surface area contributed by atoms with E-state index in [1.54, 1.807) is 36.6 Å². The second kappa shape index (κ2) is 6.15. The fraction of sp³-hybridized carbons (Fsp3) is 0.389. The summed E-state index contributed by atoms with van der Waals surface area (Å²) in [6, 6.07) is 5.15. The zero-order chi connectivity index (χ0) is 17.6. The first-order valence-corrected chi connectivity index (χ1v) is 9.16. The predicted octanol–water partition coefficient (Wildman–Crippen LogP) is 2.92. The van der Waals surface area contributed by atoms with Gasteiger partial charge in [0.25, 0.3) is 5.91 Å². The summed E-state index contributed by atoms with van der Waals surface area (Å²) < 4.78 is 6.55. The number of thiazole rings is 1. The van der Waals surface area contributed by atoms with E-state index in [0.29, 0.717) is 29.1 Å². The van der Waals surface area contributed by atoms with Gasteiger partial charge in [-0.15, -0.1) is 11.3 Å². The van der Waals surface area contributed by atoms with Crippen molar-refractivity contribution in [3.05, 3.63) is 50.4 Å². The number of hydrogen-bond acceptors (Lipinski definition) is 5. The van der Waals surface area contributed by atoms with Crippen LogP contribution in [0.25, 0.3) is 11.1 Å². The molecular weight excluding hydrogens is 338 g/mol. The van der Waals surface area contributed by atoms with E-state index in [2.05, 4.69) is 11.9 Å². The van der Waals surface area contributed by atoms with Gasteiger partial charge >= 0.3 is 5.76 Å². The number of rotatable bonds is 2. The average molecular weight is 357 g/mol. The highest BCUT2D eigenvalue weighted by atomic mass is 32.1. The minimum atomic E-state index is -0.420. The van der Waals surface area contributed by atoms with Gasteiger partial charge in [-0.1, -0.05) is 0 Å². The fourth-order valence-electron chi connectivity index (χ4n) is 3.37. The quantitative estimate of drug-likeness (QED) is 0.707. The van der Waals surface area contributed by atoms with E-state index in [9.17, 15) is 9.59 Å². The van der Waals surface area contributed by atoms with Crippen LogP contribution in [0.5, 0.6) is 0 Å². The number of nitrogens with zero attached hydrogens (tertiary/aromatic N) is 3. The molecule has 1 aliphatic heterocycles. The molecule has 6 nitrogen and oxygen atoms in total. The first kappa shape index (κ1) is 16.1. The first-order valence-electron chi connectivity index (χ1n) is 8.34. The number of likely N-dealkylation sites (tertiary alicyclic amines) is 1. The third-order valence-corrected chi connectivity index (χ3v) is 5.81. The molecular formula is C18H19N3O3S. The Balaban J connectivity index is 1.59. The van der Waals surface area contributed by atoms with Crippen LogP contribution in [0.4, 0.5) is 0 Å². The Bertz CT molecular complexity index is 1000. The molecule has 25 heavy (non-hydrogen) atoms. The summed E-state index contributed by atoms with van der Waals surface area (Å²) in [5.41, 5.74) is 1.72. The molecule has 1 amide bonds. The molecule has 3 aromatic rings. The van der Waals surface area contributed by atoms with Crippen LogP contribution in [0.2, 0.25) is 0 Å². The minimum Gasteiger partial charge on any atom is -0.408 e. The van der Waals surface area contributed by atoms with Gasteiger partial charge in [0, 0.05) is 42.7 Å². The van der Waals surface area contributed by atoms with Crippen LogP contribution in [0.1, 0.15) is 39.0 Å². The molecule has 1 fully saturated rings. The highest BCUT2D eigenvalue weighted by Crippen LogP contribution is 2.30. The molecule has 7 heteroatoms. The lowest BCUT2D eigenvalue weighted by molar-refractivity contribution is 0.0707. The third kappa shape index (κ3) is 2.89. The Morgan fingerprint density at radius 2 is 2.24 bits per heavy atom. The van der Waals surface area contributed by atoms with Crippen molar-refractivity contribution < 1.29 is 9.21 Å². The summed E-state index contributed by atoms with van der Waals surface area (Å²) >= 11 is 1.71. The van der Waals surface area contributed by atoms with Crippen molar-refractivity contribution in [2.45, 2.75) is 25.7 Å². The van der Waals surface area contributed by atoms with E-state index in [1.165, 1.54) is 9.44 Å². The van der Waals surface area contributed by atoms with Crippen LogP contribution < -0.4 is 5.76 Å². The van der Waals surface area contributed by atoms with Crippen LogP contribution in [-0.4, -0.2) is 33.4 Å². The number of amides is 1. The Kier molecular flexibility index (Phi) is 3.95. The van der Waals surface area contributed by atoms with E-state index < -0.39 is 5.76 Å². The van der Waals surface area contributed by atoms with Crippen molar-refractivity contribution in [1.82, 2.24) is 14.5 Å². The lowest BCUT2D eigenvalue weighted by Crippen LogP contribution is -2.39. The minimum absolute atomic E-state index is 0.00599. The number of oxazole rings is 1. The number of aryl methyl sites for hydroxylation is 2. The number of carbonyl (C=O) groups is 1. The van der Waals surface area contributed by atoms with Crippen molar-refractivity contribution in [2.24, 2.45) is 7.05 Å². The van der Waals surface area contributed by atoms with Gasteiger partial charge in [0.1, 0.15) is 0 Å². The number of fused-ring (bicyclic) bond motifs is 1. The maximum Gasteiger partial charge on any atom is 0.419 e. The molecule has 1 atom stereocenters. The van der Waals surface area contributed by atoms with Crippen molar-refractivity contribution in [2.75, 3.05) is 13.1 Å². The fourth-order valence-corrected chi connectivity index (χ4v) is 4.27. The van der Waals surface area contributed by atoms with E-state index in [-0.39, 0.29) is 5.91 Å². The summed E-state index contributed by atoms with van der Waals surface area (Å²) in [5, 5.41) is 1.11. The Morgan fingerprint density at radius 3 is 3.00 bits per heavy atom. The molecule has 0 spiro atoms. The van der Waals surface area contributed by atoms with Gasteiger partial charge < -0.3 is 9.32 Å². The summed E-state index contributed by atoms with van der Waals surface area (Å²) in [4.78, 5) is 32.1. The molecule has 0 saturated carbocycles. The van der Waals surface area contributed by atoms with Crippen molar-refractivity contribution in [3.8, 4) is 0 Å². The molecule has 0 N–H and O–H groups in total. The summed E-state index contributed by atoms with van der Waals surface area (Å²) in [7, 11) is 1.64. The van der Waals surface area contributed by atoms with Gasteiger partial charge in [0.15, 0.2) is 5.58 Å². The van der Waals surface area contributed by atoms with Gasteiger partial charge in [-0.05, 0) is 38.0 Å². The van der Waals surface area contributed by atoms with E-state index >= 15 is 0 Å². The standard InChI is InChI=1S/C18H19N3O3S/c1-11-9-19-16(25-11)13-4-3-7-21(10-13)17(22)12-5-6-15-14(8-12)20(2)18(23)24-15/h5-6,8-9,13H,3-4,7,10H2,1-2H3/t13-/m1/s1. The Morgan fingerprint density at radius 1 is 1.40 bits per heavy atom. The van der Waals surface area contributed by atoms with Crippen LogP contribution in [0, 0.1) is 6.92 Å². The molecule has 2 aromatic heterocycles. The van der Waals surface area contributed by atoms with Crippen molar-refractivity contribution in [3.63, 3.8) is 0 Å². The zero-order valence-corrected chi connectivity index (χ0v) is 15.0. The predicted molar refractivity (Wildman–Crippen MR) is 96.2 cm³/mol. The summed E-state index contributed by atoms with van der Waals surface area (Å²) in [6.45, 7) is 3.49. The molecule has 1 aliphatic rings. The second-order valence-electron chi connectivity index (χ2n) is 6.51. The highest BCUT2D eigenvalue weighted by molar-refractivity contribution is 7.11. The van der Waals surface area contributed by atoms with Crippen LogP contribution >= 0.6 is 11.3 Å². The lowest BCUT2D eigenvalue weighted by Gasteiger charge is -2.32. The molecule has 0 unspecified atom stereocenters. The topological polar surface area (TPSA) is 68.3 Å². The van der Waals surface area contributed by atoms with Gasteiger partial charge in [0.2, 0.25) is 0 Å². The molecule has 4 rings (SSSR count). The van der Waals surface area contributed by atoms with Gasteiger partial charge in [-0.3, -0.25) is 9.36 Å². The van der Waals surface area contributed by atoms with Crippen molar-refractivity contribution in [1.29, 1.82) is 0 Å². The molecule has 3 heterocycles. The van der Waals surface area contributed by atoms with E-state index in [0.717, 1.165) is 24.4 Å². The first-order chi connectivity index (χ1) is 12.0. The number of carbonyl (C=O) groups excluding carboxylic acids is 1. The highest BCUT2D eigenvalue weighted by Gasteiger charge is 2.27. The molecule has 0 radical (unpaired) electrons. The molecule has 1 aromatic carbocycles. The number of piperidine rings is 1. The maximum atomic E-state index is 12.9. The van der Waals surface area contributed by atoms with Gasteiger partial charge in [0.05, 0.1) is 10.5 Å². The molecule has 0 bridgehead atoms. The SMILES string of the molecule is Cc1cnc([C@@H]2CCCN(C(=O)c3ccc4oc(=O)n(C)c4c3)C2)s1. The maximum absolute atomic E-state index is 12.9. The number of benzene rings is 1. The smallest absolute Gasteiger partial charge is 0.408 e. The van der Waals surface area contributed by atoms with E-state index in [4.69, 9.17) is 4.42 Å². The van der Waals surface area contributed by atoms with Crippen LogP contribution in [-0.2, 0) is 7.05 Å². The number of aromatic nitrogens is 2. The lowest BCUT2D eigenvalue weighted by atomic mass is 9.98. The number of hydrogen-bond donors (Lipinski definition) is 0. The van der Waals surface area contributed by atoms with Gasteiger partial charge in [-0.25, -0.2) is 9.78 Å². The monoisotopic (exact) mass is 357 g/mol. The van der Waals surface area contributed by atoms with Crippen LogP contribution in [0.15, 0.2) is 33.6 Å². The summed E-state index contributed by atoms with van der Waals surface area (Å²) in [6.07, 6.45) is 3.93. The third-order valence-electron chi connectivity index (χ3n) is 4.74. The molecule has 130 valence electrons. The Labute approximate surface area is 148 Å². The van der Waals surface area contributed by atoms with Crippen LogP contribution in [0.3, 0.4) is 0 Å². The van der Waals surface area contributed by atoms with Gasteiger partial charge in [-0.2, -0.15) is 0 Å².